The molecule has 0 fully saturated rings. The van der Waals surface area contributed by atoms with Gasteiger partial charge in [0.05, 0.1) is 11.3 Å². The molecule has 0 aliphatic carbocycles. The zero-order valence-corrected chi connectivity index (χ0v) is 12.9. The first-order valence-electron chi connectivity index (χ1n) is 5.47. The summed E-state index contributed by atoms with van der Waals surface area (Å²) < 4.78 is 0.874. The molecule has 0 amide bonds. The number of hydrogen-bond donors (Lipinski definition) is 1. The Labute approximate surface area is 130 Å². The van der Waals surface area contributed by atoms with E-state index in [0.29, 0.717) is 22.2 Å². The molecule has 0 unspecified atom stereocenters. The molecule has 2 nitrogen and oxygen atoms in total. The SMILES string of the molecule is N#Cc1cc(Br)ccc1NCc1ccc(Cl)cc1Cl. The maximum Gasteiger partial charge on any atom is 0.101 e. The second-order valence-corrected chi connectivity index (χ2v) is 5.65. The Morgan fingerprint density at radius 2 is 1.95 bits per heavy atom. The summed E-state index contributed by atoms with van der Waals surface area (Å²) in [5, 5.41) is 13.5. The zero-order chi connectivity index (χ0) is 13.8. The van der Waals surface area contributed by atoms with Crippen molar-refractivity contribution in [2.24, 2.45) is 0 Å². The van der Waals surface area contributed by atoms with E-state index in [1.54, 1.807) is 18.2 Å². The fraction of sp³-hybridized carbons (Fsp3) is 0.0714. The predicted molar refractivity (Wildman–Crippen MR) is 82.6 cm³/mol. The smallest absolute Gasteiger partial charge is 0.101 e. The van der Waals surface area contributed by atoms with Crippen molar-refractivity contribution in [1.29, 1.82) is 5.26 Å². The van der Waals surface area contributed by atoms with Crippen LogP contribution in [0.4, 0.5) is 5.69 Å². The van der Waals surface area contributed by atoms with Gasteiger partial charge in [0.15, 0.2) is 0 Å². The van der Waals surface area contributed by atoms with Crippen LogP contribution >= 0.6 is 39.1 Å². The largest absolute Gasteiger partial charge is 0.380 e. The summed E-state index contributed by atoms with van der Waals surface area (Å²) in [5.41, 5.74) is 2.29. The highest BCUT2D eigenvalue weighted by Crippen LogP contribution is 2.24. The molecule has 0 aromatic heterocycles. The third-order valence-corrected chi connectivity index (χ3v) is 3.67. The average Bonchev–Trinajstić information content (AvgIpc) is 2.39. The third kappa shape index (κ3) is 3.63. The molecular formula is C14H9BrCl2N2. The standard InChI is InChI=1S/C14H9BrCl2N2/c15-11-2-4-14(10(5-11)7-18)19-8-9-1-3-12(16)6-13(9)17/h1-6,19H,8H2. The first-order valence-corrected chi connectivity index (χ1v) is 7.02. The fourth-order valence-corrected chi connectivity index (χ4v) is 2.46. The minimum Gasteiger partial charge on any atom is -0.380 e. The van der Waals surface area contributed by atoms with Crippen molar-refractivity contribution in [1.82, 2.24) is 0 Å². The van der Waals surface area contributed by atoms with Gasteiger partial charge in [-0.25, -0.2) is 0 Å². The molecule has 2 aromatic carbocycles. The number of hydrogen-bond acceptors (Lipinski definition) is 2. The second kappa shape index (κ2) is 6.29. The van der Waals surface area contributed by atoms with E-state index >= 15 is 0 Å². The minimum atomic E-state index is 0.534. The molecule has 2 rings (SSSR count). The van der Waals surface area contributed by atoms with Gasteiger partial charge < -0.3 is 5.32 Å². The van der Waals surface area contributed by atoms with Crippen molar-refractivity contribution in [2.45, 2.75) is 6.54 Å². The lowest BCUT2D eigenvalue weighted by atomic mass is 10.1. The molecule has 96 valence electrons. The number of nitrogens with zero attached hydrogens (tertiary/aromatic N) is 1. The number of nitrogens with one attached hydrogen (secondary N) is 1. The van der Waals surface area contributed by atoms with Crippen molar-refractivity contribution >= 4 is 44.8 Å². The lowest BCUT2D eigenvalue weighted by Crippen LogP contribution is -2.01. The molecule has 0 radical (unpaired) electrons. The van der Waals surface area contributed by atoms with Crippen molar-refractivity contribution in [3.63, 3.8) is 0 Å². The summed E-state index contributed by atoms with van der Waals surface area (Å²) in [4.78, 5) is 0. The predicted octanol–water partition coefficient (Wildman–Crippen LogP) is 5.24. The summed E-state index contributed by atoms with van der Waals surface area (Å²) in [6.45, 7) is 0.534. The molecule has 1 N–H and O–H groups in total. The van der Waals surface area contributed by atoms with Crippen LogP contribution in [0.2, 0.25) is 10.0 Å². The highest BCUT2D eigenvalue weighted by Gasteiger charge is 2.05. The summed E-state index contributed by atoms with van der Waals surface area (Å²) in [6, 6.07) is 13.0. The molecule has 19 heavy (non-hydrogen) atoms. The molecule has 0 spiro atoms. The van der Waals surface area contributed by atoms with E-state index in [-0.39, 0.29) is 0 Å². The van der Waals surface area contributed by atoms with E-state index in [9.17, 15) is 0 Å². The van der Waals surface area contributed by atoms with Gasteiger partial charge in [-0.2, -0.15) is 5.26 Å². The number of nitriles is 1. The van der Waals surface area contributed by atoms with Gasteiger partial charge in [0, 0.05) is 21.1 Å². The van der Waals surface area contributed by atoms with Gasteiger partial charge in [-0.1, -0.05) is 45.2 Å². The summed E-state index contributed by atoms with van der Waals surface area (Å²) in [7, 11) is 0. The van der Waals surface area contributed by atoms with E-state index in [2.05, 4.69) is 27.3 Å². The molecule has 5 heteroatoms. The van der Waals surface area contributed by atoms with Crippen LogP contribution in [0.15, 0.2) is 40.9 Å². The molecule has 0 heterocycles. The summed E-state index contributed by atoms with van der Waals surface area (Å²) >= 11 is 15.3. The van der Waals surface area contributed by atoms with Crippen LogP contribution in [0, 0.1) is 11.3 Å². The van der Waals surface area contributed by atoms with Crippen LogP contribution < -0.4 is 5.32 Å². The van der Waals surface area contributed by atoms with Crippen molar-refractivity contribution in [3.05, 3.63) is 62.0 Å². The van der Waals surface area contributed by atoms with E-state index in [0.717, 1.165) is 15.7 Å². The summed E-state index contributed by atoms with van der Waals surface area (Å²) in [5.74, 6) is 0. The molecule has 0 aliphatic rings. The monoisotopic (exact) mass is 354 g/mol. The Balaban J connectivity index is 2.17. The molecule has 0 saturated carbocycles. The first kappa shape index (κ1) is 14.2. The number of halogens is 3. The van der Waals surface area contributed by atoms with Gasteiger partial charge in [-0.3, -0.25) is 0 Å². The van der Waals surface area contributed by atoms with E-state index in [1.165, 1.54) is 0 Å². The maximum atomic E-state index is 9.08. The Morgan fingerprint density at radius 3 is 2.63 bits per heavy atom. The number of anilines is 1. The third-order valence-electron chi connectivity index (χ3n) is 2.59. The van der Waals surface area contributed by atoms with Gasteiger partial charge in [0.25, 0.3) is 0 Å². The molecular weight excluding hydrogens is 347 g/mol. The van der Waals surface area contributed by atoms with Crippen molar-refractivity contribution < 1.29 is 0 Å². The Hall–Kier alpha value is -1.21. The number of benzene rings is 2. The first-order chi connectivity index (χ1) is 9.10. The van der Waals surface area contributed by atoms with Gasteiger partial charge in [0.2, 0.25) is 0 Å². The fourth-order valence-electron chi connectivity index (χ4n) is 1.62. The van der Waals surface area contributed by atoms with Crippen LogP contribution in [0.1, 0.15) is 11.1 Å². The van der Waals surface area contributed by atoms with Gasteiger partial charge in [0.1, 0.15) is 6.07 Å². The molecule has 0 bridgehead atoms. The quantitative estimate of drug-likeness (QED) is 0.817. The Morgan fingerprint density at radius 1 is 1.16 bits per heavy atom. The van der Waals surface area contributed by atoms with Gasteiger partial charge >= 0.3 is 0 Å². The van der Waals surface area contributed by atoms with Crippen molar-refractivity contribution in [2.75, 3.05) is 5.32 Å². The minimum absolute atomic E-state index is 0.534. The lowest BCUT2D eigenvalue weighted by Gasteiger charge is -2.10. The summed E-state index contributed by atoms with van der Waals surface area (Å²) in [6.07, 6.45) is 0. The van der Waals surface area contributed by atoms with Crippen LogP contribution in [-0.4, -0.2) is 0 Å². The van der Waals surface area contributed by atoms with Crippen LogP contribution in [0.25, 0.3) is 0 Å². The van der Waals surface area contributed by atoms with E-state index < -0.39 is 0 Å². The average molecular weight is 356 g/mol. The lowest BCUT2D eigenvalue weighted by molar-refractivity contribution is 1.15. The zero-order valence-electron chi connectivity index (χ0n) is 9.75. The maximum absolute atomic E-state index is 9.08. The molecule has 2 aromatic rings. The molecule has 0 saturated heterocycles. The Bertz CT molecular complexity index is 650. The number of rotatable bonds is 3. The molecule has 0 atom stereocenters. The Kier molecular flexibility index (Phi) is 4.71. The van der Waals surface area contributed by atoms with Crippen LogP contribution in [-0.2, 0) is 6.54 Å². The van der Waals surface area contributed by atoms with Crippen LogP contribution in [0.5, 0.6) is 0 Å². The van der Waals surface area contributed by atoms with Gasteiger partial charge in [-0.15, -0.1) is 0 Å². The van der Waals surface area contributed by atoms with Crippen LogP contribution in [0.3, 0.4) is 0 Å². The highest BCUT2D eigenvalue weighted by molar-refractivity contribution is 9.10. The highest BCUT2D eigenvalue weighted by atomic mass is 79.9. The molecule has 0 aliphatic heterocycles. The topological polar surface area (TPSA) is 35.8 Å². The van der Waals surface area contributed by atoms with E-state index in [4.69, 9.17) is 28.5 Å². The normalized spacial score (nSPS) is 10.0. The van der Waals surface area contributed by atoms with Gasteiger partial charge in [-0.05, 0) is 35.9 Å². The van der Waals surface area contributed by atoms with E-state index in [1.807, 2.05) is 18.2 Å². The second-order valence-electron chi connectivity index (χ2n) is 3.89. The van der Waals surface area contributed by atoms with Crippen molar-refractivity contribution in [3.8, 4) is 6.07 Å².